The third-order valence-electron chi connectivity index (χ3n) is 2.63. The van der Waals surface area contributed by atoms with Crippen molar-refractivity contribution in [1.29, 1.82) is 0 Å². The fourth-order valence-corrected chi connectivity index (χ4v) is 9.46. The van der Waals surface area contributed by atoms with E-state index in [4.69, 9.17) is 17.9 Å². The van der Waals surface area contributed by atoms with Crippen LogP contribution in [-0.4, -0.2) is 19.7 Å². The molecule has 0 saturated carbocycles. The number of fused-ring (bicyclic) bond motifs is 1. The van der Waals surface area contributed by atoms with Gasteiger partial charge < -0.3 is 0 Å². The molecule has 2 aromatic carbocycles. The van der Waals surface area contributed by atoms with Gasteiger partial charge in [-0.2, -0.15) is 0 Å². The molecule has 0 fully saturated rings. The predicted molar refractivity (Wildman–Crippen MR) is 76.2 cm³/mol. The van der Waals surface area contributed by atoms with E-state index < -0.39 is 15.9 Å². The third kappa shape index (κ3) is 1.90. The Bertz CT molecular complexity index is 593. The first-order valence-electron chi connectivity index (χ1n) is 5.15. The summed E-state index contributed by atoms with van der Waals surface area (Å²) >= 11 is -3.22. The molecule has 17 heavy (non-hydrogen) atoms. The molecule has 1 nitrogen and oxygen atoms in total. The van der Waals surface area contributed by atoms with Gasteiger partial charge in [0.2, 0.25) is 0 Å². The SMILES string of the molecule is Cl[Te]1(Cl)C(c2ccccc2)=Nc2ccccc21. The second-order valence-electron chi connectivity index (χ2n) is 3.72. The average molecular weight is 378 g/mol. The van der Waals surface area contributed by atoms with Crippen LogP contribution in [0.4, 0.5) is 5.69 Å². The zero-order valence-corrected chi connectivity index (χ0v) is 12.6. The van der Waals surface area contributed by atoms with Crippen LogP contribution in [0.3, 0.4) is 0 Å². The van der Waals surface area contributed by atoms with Crippen molar-refractivity contribution in [3.8, 4) is 0 Å². The Morgan fingerprint density at radius 1 is 0.824 bits per heavy atom. The van der Waals surface area contributed by atoms with E-state index in [0.29, 0.717) is 0 Å². The van der Waals surface area contributed by atoms with Crippen molar-refractivity contribution in [1.82, 2.24) is 0 Å². The topological polar surface area (TPSA) is 12.4 Å². The summed E-state index contributed by atoms with van der Waals surface area (Å²) in [7, 11) is 13.2. The van der Waals surface area contributed by atoms with Crippen molar-refractivity contribution < 1.29 is 0 Å². The molecular formula is C13H9Cl2NTe. The minimum atomic E-state index is -3.22. The molecule has 0 spiro atoms. The van der Waals surface area contributed by atoms with Gasteiger partial charge in [0.15, 0.2) is 0 Å². The van der Waals surface area contributed by atoms with Gasteiger partial charge >= 0.3 is 112 Å². The molecule has 0 atom stereocenters. The molecule has 4 heteroatoms. The normalized spacial score (nSPS) is 18.4. The maximum atomic E-state index is 6.62. The number of halogens is 2. The molecule has 0 saturated heterocycles. The third-order valence-corrected chi connectivity index (χ3v) is 11.7. The zero-order chi connectivity index (χ0) is 11.9. The fraction of sp³-hybridized carbons (Fsp3) is 0. The van der Waals surface area contributed by atoms with E-state index in [1.165, 1.54) is 0 Å². The molecule has 1 aliphatic heterocycles. The molecular weight excluding hydrogens is 369 g/mol. The number of hydrogen-bond donors (Lipinski definition) is 0. The van der Waals surface area contributed by atoms with Gasteiger partial charge in [0.1, 0.15) is 0 Å². The van der Waals surface area contributed by atoms with E-state index in [2.05, 4.69) is 4.99 Å². The number of para-hydroxylation sites is 1. The van der Waals surface area contributed by atoms with E-state index in [-0.39, 0.29) is 0 Å². The summed E-state index contributed by atoms with van der Waals surface area (Å²) in [6.45, 7) is 0. The Morgan fingerprint density at radius 2 is 1.47 bits per heavy atom. The van der Waals surface area contributed by atoms with Gasteiger partial charge in [-0.1, -0.05) is 0 Å². The van der Waals surface area contributed by atoms with Gasteiger partial charge in [-0.15, -0.1) is 0 Å². The van der Waals surface area contributed by atoms with Gasteiger partial charge in [-0.25, -0.2) is 0 Å². The first-order chi connectivity index (χ1) is 8.19. The number of hydrogen-bond acceptors (Lipinski definition) is 1. The molecule has 0 amide bonds. The Hall–Kier alpha value is -0.520. The van der Waals surface area contributed by atoms with Crippen LogP contribution >= 0.6 is 17.9 Å². The predicted octanol–water partition coefficient (Wildman–Crippen LogP) is 3.49. The minimum absolute atomic E-state index is 0.887. The summed E-state index contributed by atoms with van der Waals surface area (Å²) in [5.41, 5.74) is 1.97. The van der Waals surface area contributed by atoms with Gasteiger partial charge in [0.25, 0.3) is 0 Å². The van der Waals surface area contributed by atoms with E-state index in [1.54, 1.807) is 0 Å². The van der Waals surface area contributed by atoms with Gasteiger partial charge in [-0.05, 0) is 0 Å². The van der Waals surface area contributed by atoms with E-state index in [0.717, 1.165) is 18.6 Å². The Balaban J connectivity index is 2.17. The van der Waals surface area contributed by atoms with Gasteiger partial charge in [0, 0.05) is 0 Å². The number of benzene rings is 2. The zero-order valence-electron chi connectivity index (χ0n) is 8.81. The van der Waals surface area contributed by atoms with E-state index >= 15 is 0 Å². The molecule has 0 radical (unpaired) electrons. The second-order valence-corrected chi connectivity index (χ2v) is 16.0. The molecule has 1 heterocycles. The van der Waals surface area contributed by atoms with Crippen molar-refractivity contribution >= 4 is 46.9 Å². The van der Waals surface area contributed by atoms with Crippen LogP contribution in [0.5, 0.6) is 0 Å². The van der Waals surface area contributed by atoms with Crippen LogP contribution in [0.15, 0.2) is 59.6 Å². The van der Waals surface area contributed by atoms with Gasteiger partial charge in [-0.3, -0.25) is 0 Å². The summed E-state index contributed by atoms with van der Waals surface area (Å²) in [6.07, 6.45) is 0. The summed E-state index contributed by atoms with van der Waals surface area (Å²) in [4.78, 5) is 4.61. The number of rotatable bonds is 1. The van der Waals surface area contributed by atoms with E-state index in [1.807, 2.05) is 54.6 Å². The van der Waals surface area contributed by atoms with Crippen LogP contribution in [0.2, 0.25) is 0 Å². The monoisotopic (exact) mass is 379 g/mol. The first kappa shape index (κ1) is 11.6. The Kier molecular flexibility index (Phi) is 2.92. The van der Waals surface area contributed by atoms with Crippen LogP contribution in [-0.2, 0) is 0 Å². The molecule has 0 unspecified atom stereocenters. The summed E-state index contributed by atoms with van der Waals surface area (Å²) in [5, 5.41) is 0. The summed E-state index contributed by atoms with van der Waals surface area (Å²) < 4.78 is 1.93. The number of aliphatic imine (C=N–C) groups is 1. The molecule has 0 aromatic heterocycles. The van der Waals surface area contributed by atoms with Crippen LogP contribution < -0.4 is 3.61 Å². The second kappa shape index (κ2) is 4.30. The van der Waals surface area contributed by atoms with Crippen molar-refractivity contribution in [2.75, 3.05) is 0 Å². The van der Waals surface area contributed by atoms with E-state index in [9.17, 15) is 0 Å². The quantitative estimate of drug-likeness (QED) is 0.675. The molecule has 3 rings (SSSR count). The summed E-state index contributed by atoms with van der Waals surface area (Å²) in [5.74, 6) is 0. The summed E-state index contributed by atoms with van der Waals surface area (Å²) in [6, 6.07) is 17.8. The molecule has 1 aliphatic rings. The molecule has 0 N–H and O–H groups in total. The standard InChI is InChI=1S/C13H9Cl2NTe/c14-17(15)12-9-5-4-8-11(12)16-13(17)10-6-2-1-3-7-10/h1-9H. The van der Waals surface area contributed by atoms with Crippen molar-refractivity contribution in [3.63, 3.8) is 0 Å². The molecule has 2 aromatic rings. The van der Waals surface area contributed by atoms with Crippen LogP contribution in [0.1, 0.15) is 5.56 Å². The fourth-order valence-electron chi connectivity index (χ4n) is 1.83. The van der Waals surface area contributed by atoms with Crippen molar-refractivity contribution in [2.45, 2.75) is 0 Å². The Morgan fingerprint density at radius 3 is 2.18 bits per heavy atom. The van der Waals surface area contributed by atoms with Crippen LogP contribution in [0, 0.1) is 0 Å². The van der Waals surface area contributed by atoms with Gasteiger partial charge in [0.05, 0.1) is 0 Å². The average Bonchev–Trinajstić information content (AvgIpc) is 2.63. The number of nitrogens with zero attached hydrogens (tertiary/aromatic N) is 1. The van der Waals surface area contributed by atoms with Crippen LogP contribution in [0.25, 0.3) is 0 Å². The van der Waals surface area contributed by atoms with Crippen molar-refractivity contribution in [2.24, 2.45) is 4.99 Å². The molecule has 0 aliphatic carbocycles. The maximum absolute atomic E-state index is 6.62. The van der Waals surface area contributed by atoms with Crippen molar-refractivity contribution in [3.05, 3.63) is 60.2 Å². The molecule has 86 valence electrons. The first-order valence-corrected chi connectivity index (χ1v) is 13.4. The Labute approximate surface area is 111 Å². The molecule has 0 bridgehead atoms.